The smallest absolute Gasteiger partial charge is 0.232 e. The molecular weight excluding hydrogens is 288 g/mol. The second-order valence-corrected chi connectivity index (χ2v) is 5.35. The first-order valence-electron chi connectivity index (χ1n) is 7.48. The second-order valence-electron chi connectivity index (χ2n) is 5.35. The fourth-order valence-electron chi connectivity index (χ4n) is 2.35. The van der Waals surface area contributed by atoms with Crippen LogP contribution in [0.1, 0.15) is 11.5 Å². The summed E-state index contributed by atoms with van der Waals surface area (Å²) in [5, 5.41) is 0. The van der Waals surface area contributed by atoms with Gasteiger partial charge in [-0.25, -0.2) is 4.98 Å². The molecular formula is C19H18N2O2. The molecule has 0 N–H and O–H groups in total. The molecule has 23 heavy (non-hydrogen) atoms. The predicted octanol–water partition coefficient (Wildman–Crippen LogP) is 3.86. The minimum Gasteiger partial charge on any atom is -0.441 e. The van der Waals surface area contributed by atoms with Crippen molar-refractivity contribution in [2.75, 3.05) is 11.9 Å². The number of carbonyl (C=O) groups excluding carboxylic acids is 1. The van der Waals surface area contributed by atoms with E-state index in [1.165, 1.54) is 0 Å². The Bertz CT molecular complexity index is 795. The number of hydrogen-bond acceptors (Lipinski definition) is 3. The number of hydrogen-bond donors (Lipinski definition) is 0. The first-order valence-corrected chi connectivity index (χ1v) is 7.48. The Morgan fingerprint density at radius 2 is 1.65 bits per heavy atom. The third-order valence-electron chi connectivity index (χ3n) is 3.75. The Hall–Kier alpha value is -2.88. The molecule has 0 bridgehead atoms. The zero-order chi connectivity index (χ0) is 16.2. The van der Waals surface area contributed by atoms with Crippen LogP contribution in [0.25, 0.3) is 11.5 Å². The maximum absolute atomic E-state index is 12.5. The molecule has 0 atom stereocenters. The van der Waals surface area contributed by atoms with Crippen LogP contribution >= 0.6 is 0 Å². The van der Waals surface area contributed by atoms with Gasteiger partial charge in [-0.05, 0) is 31.2 Å². The van der Waals surface area contributed by atoms with Gasteiger partial charge in [0.2, 0.25) is 11.8 Å². The third-order valence-corrected chi connectivity index (χ3v) is 3.75. The summed E-state index contributed by atoms with van der Waals surface area (Å²) in [6.45, 7) is 1.84. The molecule has 0 aliphatic rings. The maximum Gasteiger partial charge on any atom is 0.232 e. The summed E-state index contributed by atoms with van der Waals surface area (Å²) in [6.07, 6.45) is 0.216. The number of anilines is 1. The highest BCUT2D eigenvalue weighted by molar-refractivity contribution is 5.94. The fourth-order valence-corrected chi connectivity index (χ4v) is 2.35. The molecule has 0 saturated heterocycles. The summed E-state index contributed by atoms with van der Waals surface area (Å²) >= 11 is 0. The van der Waals surface area contributed by atoms with Crippen LogP contribution in [0.15, 0.2) is 65.1 Å². The van der Waals surface area contributed by atoms with Crippen LogP contribution in [0, 0.1) is 6.92 Å². The van der Waals surface area contributed by atoms with Crippen LogP contribution in [0.2, 0.25) is 0 Å². The van der Waals surface area contributed by atoms with Gasteiger partial charge < -0.3 is 9.32 Å². The molecule has 116 valence electrons. The molecule has 1 aromatic heterocycles. The lowest BCUT2D eigenvalue weighted by Gasteiger charge is -2.16. The summed E-state index contributed by atoms with van der Waals surface area (Å²) in [7, 11) is 1.77. The van der Waals surface area contributed by atoms with E-state index in [1.807, 2.05) is 67.6 Å². The topological polar surface area (TPSA) is 46.3 Å². The number of likely N-dealkylation sites (N-methyl/N-ethyl adjacent to an activating group) is 1. The predicted molar refractivity (Wildman–Crippen MR) is 90.2 cm³/mol. The minimum absolute atomic E-state index is 0.0211. The number of oxazole rings is 1. The molecule has 0 fully saturated rings. The zero-order valence-corrected chi connectivity index (χ0v) is 13.2. The number of benzene rings is 2. The van der Waals surface area contributed by atoms with Crippen molar-refractivity contribution in [2.45, 2.75) is 13.3 Å². The second kappa shape index (κ2) is 6.48. The van der Waals surface area contributed by atoms with Gasteiger partial charge in [-0.15, -0.1) is 0 Å². The van der Waals surface area contributed by atoms with Crippen molar-refractivity contribution in [3.05, 3.63) is 72.1 Å². The molecule has 0 spiro atoms. The van der Waals surface area contributed by atoms with Crippen LogP contribution in [-0.2, 0) is 11.2 Å². The zero-order valence-electron chi connectivity index (χ0n) is 13.2. The normalized spacial score (nSPS) is 10.5. The Morgan fingerprint density at radius 1 is 1.04 bits per heavy atom. The van der Waals surface area contributed by atoms with Gasteiger partial charge in [0.15, 0.2) is 0 Å². The summed E-state index contributed by atoms with van der Waals surface area (Å²) in [6, 6.07) is 19.2. The Balaban J connectivity index is 1.78. The number of para-hydroxylation sites is 1. The van der Waals surface area contributed by atoms with E-state index in [0.29, 0.717) is 17.3 Å². The highest BCUT2D eigenvalue weighted by atomic mass is 16.4. The molecule has 0 radical (unpaired) electrons. The van der Waals surface area contributed by atoms with Crippen molar-refractivity contribution >= 4 is 11.6 Å². The Labute approximate surface area is 135 Å². The van der Waals surface area contributed by atoms with Gasteiger partial charge >= 0.3 is 0 Å². The maximum atomic E-state index is 12.5. The van der Waals surface area contributed by atoms with Crippen LogP contribution < -0.4 is 4.90 Å². The van der Waals surface area contributed by atoms with Crippen LogP contribution in [0.5, 0.6) is 0 Å². The number of rotatable bonds is 4. The molecule has 0 unspecified atom stereocenters. The van der Waals surface area contributed by atoms with Crippen LogP contribution in [0.3, 0.4) is 0 Å². The number of amides is 1. The van der Waals surface area contributed by atoms with Crippen molar-refractivity contribution in [3.63, 3.8) is 0 Å². The minimum atomic E-state index is -0.0211. The van der Waals surface area contributed by atoms with Gasteiger partial charge in [0, 0.05) is 18.3 Å². The van der Waals surface area contributed by atoms with Gasteiger partial charge in [-0.2, -0.15) is 0 Å². The van der Waals surface area contributed by atoms with E-state index >= 15 is 0 Å². The molecule has 4 nitrogen and oxygen atoms in total. The standard InChI is InChI=1S/C19H18N2O2/c1-14-17(20-19(23-14)15-9-5-3-6-10-15)13-18(22)21(2)16-11-7-4-8-12-16/h3-12H,13H2,1-2H3. The van der Waals surface area contributed by atoms with Gasteiger partial charge in [-0.1, -0.05) is 36.4 Å². The van der Waals surface area contributed by atoms with Gasteiger partial charge in [-0.3, -0.25) is 4.79 Å². The van der Waals surface area contributed by atoms with E-state index in [9.17, 15) is 4.79 Å². The molecule has 3 rings (SSSR count). The van der Waals surface area contributed by atoms with E-state index in [1.54, 1.807) is 11.9 Å². The third kappa shape index (κ3) is 3.31. The van der Waals surface area contributed by atoms with Crippen molar-refractivity contribution in [1.82, 2.24) is 4.98 Å². The average Bonchev–Trinajstić information content (AvgIpc) is 2.96. The molecule has 0 aliphatic heterocycles. The van der Waals surface area contributed by atoms with Crippen molar-refractivity contribution in [3.8, 4) is 11.5 Å². The van der Waals surface area contributed by atoms with Gasteiger partial charge in [0.25, 0.3) is 0 Å². The monoisotopic (exact) mass is 306 g/mol. The van der Waals surface area contributed by atoms with Crippen LogP contribution in [-0.4, -0.2) is 17.9 Å². The summed E-state index contributed by atoms with van der Waals surface area (Å²) in [4.78, 5) is 18.6. The summed E-state index contributed by atoms with van der Waals surface area (Å²) in [5.74, 6) is 1.21. The summed E-state index contributed by atoms with van der Waals surface area (Å²) < 4.78 is 5.71. The molecule has 0 aliphatic carbocycles. The first kappa shape index (κ1) is 15.0. The highest BCUT2D eigenvalue weighted by Crippen LogP contribution is 2.22. The first-order chi connectivity index (χ1) is 11.1. The van der Waals surface area contributed by atoms with E-state index < -0.39 is 0 Å². The molecule has 4 heteroatoms. The quantitative estimate of drug-likeness (QED) is 0.735. The van der Waals surface area contributed by atoms with E-state index in [-0.39, 0.29) is 12.3 Å². The lowest BCUT2D eigenvalue weighted by atomic mass is 10.2. The van der Waals surface area contributed by atoms with Crippen molar-refractivity contribution in [2.24, 2.45) is 0 Å². The number of aromatic nitrogens is 1. The SMILES string of the molecule is Cc1oc(-c2ccccc2)nc1CC(=O)N(C)c1ccccc1. The number of nitrogens with zero attached hydrogens (tertiary/aromatic N) is 2. The molecule has 3 aromatic rings. The lowest BCUT2D eigenvalue weighted by Crippen LogP contribution is -2.28. The number of aryl methyl sites for hydroxylation is 1. The Morgan fingerprint density at radius 3 is 2.30 bits per heavy atom. The van der Waals surface area contributed by atoms with Crippen molar-refractivity contribution in [1.29, 1.82) is 0 Å². The molecule has 2 aromatic carbocycles. The Kier molecular flexibility index (Phi) is 4.24. The van der Waals surface area contributed by atoms with Crippen LogP contribution in [0.4, 0.5) is 5.69 Å². The largest absolute Gasteiger partial charge is 0.441 e. The van der Waals surface area contributed by atoms with E-state index in [2.05, 4.69) is 4.98 Å². The fraction of sp³-hybridized carbons (Fsp3) is 0.158. The van der Waals surface area contributed by atoms with Gasteiger partial charge in [0.1, 0.15) is 5.76 Å². The number of carbonyl (C=O) groups is 1. The molecule has 1 heterocycles. The lowest BCUT2D eigenvalue weighted by molar-refractivity contribution is -0.117. The molecule has 1 amide bonds. The van der Waals surface area contributed by atoms with E-state index in [4.69, 9.17) is 4.42 Å². The average molecular weight is 306 g/mol. The van der Waals surface area contributed by atoms with E-state index in [0.717, 1.165) is 11.3 Å². The highest BCUT2D eigenvalue weighted by Gasteiger charge is 2.17. The molecule has 0 saturated carbocycles. The summed E-state index contributed by atoms with van der Waals surface area (Å²) in [5.41, 5.74) is 2.45. The van der Waals surface area contributed by atoms with Gasteiger partial charge in [0.05, 0.1) is 12.1 Å². The van der Waals surface area contributed by atoms with Crippen molar-refractivity contribution < 1.29 is 9.21 Å².